The second-order valence-electron chi connectivity index (χ2n) is 8.74. The summed E-state index contributed by atoms with van der Waals surface area (Å²) in [5.41, 5.74) is 1.44. The molecule has 2 aliphatic heterocycles. The van der Waals surface area contributed by atoms with Crippen LogP contribution in [0.2, 0.25) is 5.02 Å². The summed E-state index contributed by atoms with van der Waals surface area (Å²) in [4.78, 5) is 15.6. The van der Waals surface area contributed by atoms with Crippen molar-refractivity contribution in [2.45, 2.75) is 58.5 Å². The second kappa shape index (κ2) is 7.05. The minimum Gasteiger partial charge on any atom is -0.465 e. The average molecular weight is 379 g/mol. The van der Waals surface area contributed by atoms with Crippen LogP contribution in [-0.2, 0) is 5.54 Å². The van der Waals surface area contributed by atoms with Crippen LogP contribution in [0, 0.1) is 11.3 Å². The molecular weight excluding hydrogens is 348 g/mol. The van der Waals surface area contributed by atoms with E-state index in [-0.39, 0.29) is 11.0 Å². The van der Waals surface area contributed by atoms with Gasteiger partial charge in [-0.2, -0.15) is 0 Å². The third-order valence-electron chi connectivity index (χ3n) is 6.48. The highest BCUT2D eigenvalue weighted by atomic mass is 35.5. The molecule has 1 amide bonds. The zero-order chi connectivity index (χ0) is 19.1. The van der Waals surface area contributed by atoms with Crippen molar-refractivity contribution in [3.05, 3.63) is 34.9 Å². The summed E-state index contributed by atoms with van der Waals surface area (Å²) in [6.45, 7) is 11.4. The van der Waals surface area contributed by atoms with E-state index in [1.54, 1.807) is 4.90 Å². The number of hydrogen-bond donors (Lipinski definition) is 1. The number of piperidine rings is 1. The number of nitrogens with zero attached hydrogens (tertiary/aromatic N) is 2. The third kappa shape index (κ3) is 3.01. The molecule has 4 nitrogen and oxygen atoms in total. The summed E-state index contributed by atoms with van der Waals surface area (Å²) in [6.07, 6.45) is 2.15. The van der Waals surface area contributed by atoms with Crippen molar-refractivity contribution < 1.29 is 9.90 Å². The smallest absolute Gasteiger partial charge is 0.407 e. The maximum Gasteiger partial charge on any atom is 0.407 e. The van der Waals surface area contributed by atoms with Crippen LogP contribution in [0.15, 0.2) is 24.3 Å². The van der Waals surface area contributed by atoms with Crippen molar-refractivity contribution >= 4 is 17.7 Å². The van der Waals surface area contributed by atoms with E-state index in [0.29, 0.717) is 25.0 Å². The highest BCUT2D eigenvalue weighted by Gasteiger charge is 2.65. The lowest BCUT2D eigenvalue weighted by molar-refractivity contribution is -0.211. The Hall–Kier alpha value is -1.26. The largest absolute Gasteiger partial charge is 0.465 e. The first-order valence-electron chi connectivity index (χ1n) is 9.72. The van der Waals surface area contributed by atoms with Crippen molar-refractivity contribution in [3.8, 4) is 0 Å². The topological polar surface area (TPSA) is 43.8 Å². The fourth-order valence-electron chi connectivity index (χ4n) is 5.37. The number of carboxylic acid groups (broad SMARTS) is 1. The molecule has 1 atom stereocenters. The Labute approximate surface area is 162 Å². The van der Waals surface area contributed by atoms with E-state index in [2.05, 4.69) is 44.7 Å². The Bertz CT molecular complexity index is 650. The maximum atomic E-state index is 11.4. The van der Waals surface area contributed by atoms with Gasteiger partial charge in [0.25, 0.3) is 0 Å². The minimum atomic E-state index is -0.791. The van der Waals surface area contributed by atoms with Gasteiger partial charge >= 0.3 is 6.09 Å². The lowest BCUT2D eigenvalue weighted by atomic mass is 9.51. The van der Waals surface area contributed by atoms with Gasteiger partial charge in [0.2, 0.25) is 0 Å². The molecule has 2 fully saturated rings. The van der Waals surface area contributed by atoms with E-state index in [0.717, 1.165) is 30.8 Å². The molecule has 144 valence electrons. The molecule has 1 unspecified atom stereocenters. The highest BCUT2D eigenvalue weighted by Crippen LogP contribution is 2.62. The zero-order valence-electron chi connectivity index (χ0n) is 16.3. The van der Waals surface area contributed by atoms with Crippen molar-refractivity contribution in [1.82, 2.24) is 9.80 Å². The number of hydrogen-bond acceptors (Lipinski definition) is 2. The van der Waals surface area contributed by atoms with E-state index in [9.17, 15) is 9.90 Å². The molecule has 2 aliphatic rings. The van der Waals surface area contributed by atoms with Gasteiger partial charge in [0.05, 0.1) is 5.54 Å². The van der Waals surface area contributed by atoms with Crippen molar-refractivity contribution in [2.75, 3.05) is 19.6 Å². The first-order valence-corrected chi connectivity index (χ1v) is 10.1. The van der Waals surface area contributed by atoms with Crippen LogP contribution in [0.1, 0.15) is 52.5 Å². The average Bonchev–Trinajstić information content (AvgIpc) is 2.58. The molecular formula is C21H31ClN2O2. The second-order valence-corrected chi connectivity index (χ2v) is 9.17. The fourth-order valence-corrected chi connectivity index (χ4v) is 5.49. The molecule has 1 N–H and O–H groups in total. The molecule has 2 saturated heterocycles. The molecule has 0 saturated carbocycles. The Balaban J connectivity index is 2.03. The predicted octanol–water partition coefficient (Wildman–Crippen LogP) is 5.07. The number of amides is 1. The molecule has 2 heterocycles. The molecule has 0 aliphatic carbocycles. The summed E-state index contributed by atoms with van der Waals surface area (Å²) in [5.74, 6) is 0.557. The molecule has 0 bridgehead atoms. The number of benzene rings is 1. The molecule has 0 radical (unpaired) electrons. The van der Waals surface area contributed by atoms with Gasteiger partial charge in [0.1, 0.15) is 0 Å². The van der Waals surface area contributed by atoms with E-state index < -0.39 is 6.09 Å². The van der Waals surface area contributed by atoms with E-state index in [1.807, 2.05) is 12.1 Å². The van der Waals surface area contributed by atoms with Gasteiger partial charge in [-0.3, -0.25) is 4.90 Å². The standard InChI is InChI=1S/C21H31ClN2O2/c1-15(2)13-21(17-5-7-18(22)8-6-17)20(14-24(21)16(3)4)9-11-23(12-10-20)19(25)26/h5-8,15-16H,9-14H2,1-4H3,(H,25,26). The van der Waals surface area contributed by atoms with Crippen LogP contribution in [-0.4, -0.2) is 46.7 Å². The monoisotopic (exact) mass is 378 g/mol. The summed E-state index contributed by atoms with van der Waals surface area (Å²) < 4.78 is 0. The third-order valence-corrected chi connectivity index (χ3v) is 6.73. The maximum absolute atomic E-state index is 11.4. The molecule has 5 heteroatoms. The van der Waals surface area contributed by atoms with Crippen LogP contribution in [0.3, 0.4) is 0 Å². The van der Waals surface area contributed by atoms with E-state index >= 15 is 0 Å². The van der Waals surface area contributed by atoms with Gasteiger partial charge in [-0.1, -0.05) is 37.6 Å². The zero-order valence-corrected chi connectivity index (χ0v) is 17.1. The van der Waals surface area contributed by atoms with Crippen molar-refractivity contribution in [3.63, 3.8) is 0 Å². The molecule has 26 heavy (non-hydrogen) atoms. The predicted molar refractivity (Wildman–Crippen MR) is 106 cm³/mol. The lowest BCUT2D eigenvalue weighted by Gasteiger charge is -2.71. The van der Waals surface area contributed by atoms with Gasteiger partial charge in [-0.15, -0.1) is 0 Å². The summed E-state index contributed by atoms with van der Waals surface area (Å²) in [7, 11) is 0. The summed E-state index contributed by atoms with van der Waals surface area (Å²) >= 11 is 6.17. The Morgan fingerprint density at radius 1 is 1.15 bits per heavy atom. The number of likely N-dealkylation sites (tertiary alicyclic amines) is 2. The molecule has 3 rings (SSSR count). The number of rotatable bonds is 4. The van der Waals surface area contributed by atoms with Crippen LogP contribution < -0.4 is 0 Å². The highest BCUT2D eigenvalue weighted by molar-refractivity contribution is 6.30. The van der Waals surface area contributed by atoms with E-state index in [1.165, 1.54) is 5.56 Å². The lowest BCUT2D eigenvalue weighted by Crippen LogP contribution is -2.75. The Morgan fingerprint density at radius 3 is 2.19 bits per heavy atom. The van der Waals surface area contributed by atoms with Gasteiger partial charge < -0.3 is 10.0 Å². The molecule has 1 spiro atoms. The van der Waals surface area contributed by atoms with Gasteiger partial charge in [0.15, 0.2) is 0 Å². The van der Waals surface area contributed by atoms with Crippen LogP contribution in [0.25, 0.3) is 0 Å². The minimum absolute atomic E-state index is 0.0372. The summed E-state index contributed by atoms with van der Waals surface area (Å²) in [6, 6.07) is 8.81. The Kier molecular flexibility index (Phi) is 5.28. The van der Waals surface area contributed by atoms with Gasteiger partial charge in [-0.25, -0.2) is 4.79 Å². The molecule has 1 aromatic rings. The van der Waals surface area contributed by atoms with Crippen molar-refractivity contribution in [2.24, 2.45) is 11.3 Å². The quantitative estimate of drug-likeness (QED) is 0.795. The SMILES string of the molecule is CC(C)CC1(c2ccc(Cl)cc2)N(C(C)C)CC12CCN(C(=O)O)CC2. The first kappa shape index (κ1) is 19.5. The van der Waals surface area contributed by atoms with Crippen LogP contribution >= 0.6 is 11.6 Å². The van der Waals surface area contributed by atoms with Gasteiger partial charge in [-0.05, 0) is 56.7 Å². The first-order chi connectivity index (χ1) is 12.2. The van der Waals surface area contributed by atoms with Crippen LogP contribution in [0.5, 0.6) is 0 Å². The van der Waals surface area contributed by atoms with Gasteiger partial charge in [0, 0.05) is 36.1 Å². The Morgan fingerprint density at radius 2 is 1.73 bits per heavy atom. The number of halogens is 1. The summed E-state index contributed by atoms with van der Waals surface area (Å²) in [5, 5.41) is 10.1. The molecule has 0 aromatic heterocycles. The number of carbonyl (C=O) groups is 1. The fraction of sp³-hybridized carbons (Fsp3) is 0.667. The van der Waals surface area contributed by atoms with Crippen molar-refractivity contribution in [1.29, 1.82) is 0 Å². The normalized spacial score (nSPS) is 25.7. The van der Waals surface area contributed by atoms with E-state index in [4.69, 9.17) is 11.6 Å². The molecule has 1 aromatic carbocycles. The van der Waals surface area contributed by atoms with Crippen LogP contribution in [0.4, 0.5) is 4.79 Å².